The Labute approximate surface area is 280 Å². The third-order valence-corrected chi connectivity index (χ3v) is 11.2. The van der Waals surface area contributed by atoms with E-state index in [4.69, 9.17) is 4.74 Å². The highest BCUT2D eigenvalue weighted by Gasteiger charge is 2.54. The summed E-state index contributed by atoms with van der Waals surface area (Å²) in [5, 5.41) is 6.40. The lowest BCUT2D eigenvalue weighted by molar-refractivity contribution is -0.140. The third-order valence-electron chi connectivity index (χ3n) is 9.63. The molecule has 0 saturated heterocycles. The molecule has 2 fully saturated rings. The first-order valence-corrected chi connectivity index (χ1v) is 17.3. The van der Waals surface area contributed by atoms with E-state index in [1.54, 1.807) is 11.9 Å². The van der Waals surface area contributed by atoms with Gasteiger partial charge in [-0.25, -0.2) is 4.79 Å². The predicted octanol–water partition coefficient (Wildman–Crippen LogP) is 7.45. The number of hydrogen-bond acceptors (Lipinski definition) is 6. The Balaban J connectivity index is 1.51. The van der Waals surface area contributed by atoms with Gasteiger partial charge in [-0.1, -0.05) is 32.9 Å². The van der Waals surface area contributed by atoms with E-state index in [9.17, 15) is 27.6 Å². The van der Waals surface area contributed by atoms with Gasteiger partial charge in [0.15, 0.2) is 0 Å². The zero-order valence-electron chi connectivity index (χ0n) is 27.7. The van der Waals surface area contributed by atoms with E-state index >= 15 is 0 Å². The minimum Gasteiger partial charge on any atom is -0.446 e. The highest BCUT2D eigenvalue weighted by atomic mass is 32.2. The normalized spacial score (nSPS) is 26.8. The van der Waals surface area contributed by atoms with Gasteiger partial charge in [0.25, 0.3) is 0 Å². The van der Waals surface area contributed by atoms with Crippen LogP contribution in [0.25, 0.3) is 0 Å². The SMILES string of the molecule is C=CCCCCN(C)C(=O)[C@@H]1C[C@H](OC(=O)Nc2cc(C(F)(F)F)ccc2C2=NCC(C(C)C)S2)C[C@H]1C(=O)N[C@]1(CC)C[C@H]1C=C. The van der Waals surface area contributed by atoms with E-state index in [1.807, 2.05) is 19.1 Å². The van der Waals surface area contributed by atoms with Crippen molar-refractivity contribution in [1.82, 2.24) is 10.2 Å². The second-order valence-electron chi connectivity index (χ2n) is 13.2. The van der Waals surface area contributed by atoms with Crippen LogP contribution >= 0.6 is 11.8 Å². The highest BCUT2D eigenvalue weighted by molar-refractivity contribution is 8.15. The molecule has 1 unspecified atom stereocenters. The summed E-state index contributed by atoms with van der Waals surface area (Å²) in [6.07, 6.45) is 1.51. The average Bonchev–Trinajstić information content (AvgIpc) is 3.31. The standard InChI is InChI=1S/C35H47F3N4O4S/c1-7-10-11-12-15-42(6)32(44)27-18-24(17-26(27)30(43)41-34(9-3)19-22(34)8-2)46-33(45)40-28-16-23(35(36,37)38)13-14-25(28)31-39-20-29(47-31)21(4)5/h7-8,13-14,16,21-22,24,26-27,29H,1-2,9-12,15,17-20H2,3-6H3,(H,40,45)(H,41,43)/t22-,24-,26-,27-,29?,34-/m1/s1. The van der Waals surface area contributed by atoms with Crippen LogP contribution in [0.2, 0.25) is 0 Å². The van der Waals surface area contributed by atoms with Gasteiger partial charge < -0.3 is 15.0 Å². The fraction of sp³-hybridized carbons (Fsp3) is 0.600. The van der Waals surface area contributed by atoms with E-state index < -0.39 is 41.3 Å². The number of anilines is 1. The Morgan fingerprint density at radius 2 is 1.91 bits per heavy atom. The molecule has 3 aliphatic rings. The van der Waals surface area contributed by atoms with Gasteiger partial charge in [-0.2, -0.15) is 13.2 Å². The first kappa shape index (κ1) is 36.6. The zero-order chi connectivity index (χ0) is 34.5. The van der Waals surface area contributed by atoms with Crippen molar-refractivity contribution in [2.24, 2.45) is 28.7 Å². The molecule has 258 valence electrons. The van der Waals surface area contributed by atoms with Crippen molar-refractivity contribution in [3.05, 3.63) is 54.6 Å². The summed E-state index contributed by atoms with van der Waals surface area (Å²) >= 11 is 1.47. The van der Waals surface area contributed by atoms with Crippen LogP contribution in [0.1, 0.15) is 76.8 Å². The van der Waals surface area contributed by atoms with Crippen molar-refractivity contribution >= 4 is 40.4 Å². The molecule has 2 aliphatic carbocycles. The molecule has 1 heterocycles. The number of ether oxygens (including phenoxy) is 1. The summed E-state index contributed by atoms with van der Waals surface area (Å²) in [6.45, 7) is 14.7. The summed E-state index contributed by atoms with van der Waals surface area (Å²) in [7, 11) is 1.71. The number of nitrogens with zero attached hydrogens (tertiary/aromatic N) is 2. The maximum Gasteiger partial charge on any atom is 0.416 e. The lowest BCUT2D eigenvalue weighted by Gasteiger charge is -2.26. The third kappa shape index (κ3) is 8.80. The number of hydrogen-bond donors (Lipinski definition) is 2. The lowest BCUT2D eigenvalue weighted by atomic mass is 9.93. The molecular formula is C35H47F3N4O4S. The molecule has 2 N–H and O–H groups in total. The molecule has 0 bridgehead atoms. The number of carbonyl (C=O) groups is 3. The average molecular weight is 677 g/mol. The van der Waals surface area contributed by atoms with Gasteiger partial charge in [0.1, 0.15) is 11.1 Å². The van der Waals surface area contributed by atoms with Crippen molar-refractivity contribution in [2.75, 3.05) is 25.5 Å². The maximum atomic E-state index is 13.7. The molecule has 4 rings (SSSR count). The molecule has 0 aromatic heterocycles. The molecule has 0 radical (unpaired) electrons. The van der Waals surface area contributed by atoms with E-state index in [0.29, 0.717) is 36.0 Å². The highest BCUT2D eigenvalue weighted by Crippen LogP contribution is 2.48. The van der Waals surface area contributed by atoms with Crippen molar-refractivity contribution < 1.29 is 32.3 Å². The number of rotatable bonds is 14. The topological polar surface area (TPSA) is 100 Å². The van der Waals surface area contributed by atoms with Gasteiger partial charge >= 0.3 is 12.3 Å². The van der Waals surface area contributed by atoms with Crippen LogP contribution in [0, 0.1) is 23.7 Å². The summed E-state index contributed by atoms with van der Waals surface area (Å²) in [5.41, 5.74) is -0.991. The van der Waals surface area contributed by atoms with Gasteiger partial charge in [0.2, 0.25) is 11.8 Å². The number of alkyl halides is 3. The van der Waals surface area contributed by atoms with Crippen LogP contribution in [0.3, 0.4) is 0 Å². The first-order valence-electron chi connectivity index (χ1n) is 16.4. The van der Waals surface area contributed by atoms with Crippen molar-refractivity contribution in [3.8, 4) is 0 Å². The van der Waals surface area contributed by atoms with E-state index in [2.05, 4.69) is 42.6 Å². The van der Waals surface area contributed by atoms with Crippen molar-refractivity contribution in [3.63, 3.8) is 0 Å². The molecule has 6 atom stereocenters. The summed E-state index contributed by atoms with van der Waals surface area (Å²) in [5.74, 6) is -1.45. The van der Waals surface area contributed by atoms with E-state index in [-0.39, 0.29) is 41.5 Å². The smallest absolute Gasteiger partial charge is 0.416 e. The number of amides is 3. The molecule has 12 heteroatoms. The van der Waals surface area contributed by atoms with Crippen LogP contribution in [0.5, 0.6) is 0 Å². The summed E-state index contributed by atoms with van der Waals surface area (Å²) in [6, 6.07) is 3.18. The van der Waals surface area contributed by atoms with Crippen LogP contribution in [-0.4, -0.2) is 64.9 Å². The Bertz CT molecular complexity index is 1380. The molecule has 1 aromatic rings. The zero-order valence-corrected chi connectivity index (χ0v) is 28.5. The van der Waals surface area contributed by atoms with Crippen LogP contribution in [0.15, 0.2) is 48.5 Å². The number of benzene rings is 1. The van der Waals surface area contributed by atoms with Gasteiger partial charge in [-0.05, 0) is 69.1 Å². The van der Waals surface area contributed by atoms with E-state index in [1.165, 1.54) is 17.8 Å². The van der Waals surface area contributed by atoms with Crippen LogP contribution < -0.4 is 10.6 Å². The van der Waals surface area contributed by atoms with Gasteiger partial charge in [0, 0.05) is 35.9 Å². The molecule has 1 aliphatic heterocycles. The molecule has 3 amide bonds. The molecule has 0 spiro atoms. The van der Waals surface area contributed by atoms with Crippen molar-refractivity contribution in [1.29, 1.82) is 0 Å². The van der Waals surface area contributed by atoms with Crippen molar-refractivity contribution in [2.45, 2.75) is 88.8 Å². The molecule has 1 aromatic carbocycles. The number of carbonyl (C=O) groups excluding carboxylic acids is 3. The van der Waals surface area contributed by atoms with Gasteiger partial charge in [-0.3, -0.25) is 19.9 Å². The number of nitrogens with one attached hydrogen (secondary N) is 2. The van der Waals surface area contributed by atoms with Gasteiger partial charge in [-0.15, -0.1) is 24.9 Å². The molecule has 47 heavy (non-hydrogen) atoms. The molecular weight excluding hydrogens is 629 g/mol. The number of aliphatic imine (C=N–C) groups is 1. The quantitative estimate of drug-likeness (QED) is 0.158. The Morgan fingerprint density at radius 1 is 1.19 bits per heavy atom. The Hall–Kier alpha value is -3.28. The number of unbranched alkanes of at least 4 members (excludes halogenated alkanes) is 2. The lowest BCUT2D eigenvalue weighted by Crippen LogP contribution is -2.45. The fourth-order valence-corrected chi connectivity index (χ4v) is 7.65. The molecule has 8 nitrogen and oxygen atoms in total. The van der Waals surface area contributed by atoms with Crippen LogP contribution in [-0.2, 0) is 20.5 Å². The second kappa shape index (κ2) is 15.3. The molecule has 2 saturated carbocycles. The monoisotopic (exact) mass is 676 g/mol. The first-order chi connectivity index (χ1) is 22.2. The van der Waals surface area contributed by atoms with E-state index in [0.717, 1.165) is 37.8 Å². The number of allylic oxidation sites excluding steroid dienone is 1. The number of thioether (sulfide) groups is 1. The van der Waals surface area contributed by atoms with Crippen LogP contribution in [0.4, 0.5) is 23.7 Å². The second-order valence-corrected chi connectivity index (χ2v) is 14.5. The maximum absolute atomic E-state index is 13.7. The van der Waals surface area contributed by atoms with Gasteiger partial charge in [0.05, 0.1) is 29.6 Å². The Kier molecular flexibility index (Phi) is 11.9. The summed E-state index contributed by atoms with van der Waals surface area (Å²) < 4.78 is 46.7. The minimum absolute atomic E-state index is 0.0613. The Morgan fingerprint density at radius 3 is 2.51 bits per heavy atom. The summed E-state index contributed by atoms with van der Waals surface area (Å²) in [4.78, 5) is 46.7. The minimum atomic E-state index is -4.62. The largest absolute Gasteiger partial charge is 0.446 e. The number of halogens is 3. The predicted molar refractivity (Wildman–Crippen MR) is 180 cm³/mol. The fourth-order valence-electron chi connectivity index (χ4n) is 6.49.